The Morgan fingerprint density at radius 2 is 2.35 bits per heavy atom. The maximum Gasteiger partial charge on any atom is 0.238 e. The zero-order valence-corrected chi connectivity index (χ0v) is 9.60. The van der Waals surface area contributed by atoms with E-state index in [0.29, 0.717) is 16.8 Å². The van der Waals surface area contributed by atoms with Crippen molar-refractivity contribution in [2.24, 2.45) is 0 Å². The molecule has 0 spiro atoms. The standard InChI is InChI=1S/C11H13N5O/c1-7-4-14-16-6-9(8(3-12)5-13-2)15-11(17)10(7)16/h3-6,12-13H,1-2H3,(H,15,17)/b8-5+,12-3?. The van der Waals surface area contributed by atoms with Gasteiger partial charge in [-0.05, 0) is 6.92 Å². The third kappa shape index (κ3) is 1.84. The number of rotatable bonds is 3. The van der Waals surface area contributed by atoms with E-state index in [-0.39, 0.29) is 5.88 Å². The number of allylic oxidation sites excluding steroid dienone is 1. The minimum absolute atomic E-state index is 0.0821. The van der Waals surface area contributed by atoms with Crippen molar-refractivity contribution < 1.29 is 5.11 Å². The van der Waals surface area contributed by atoms with Crippen LogP contribution in [0.5, 0.6) is 5.88 Å². The van der Waals surface area contributed by atoms with E-state index in [2.05, 4.69) is 15.4 Å². The molecule has 2 aromatic heterocycles. The van der Waals surface area contributed by atoms with E-state index in [1.54, 1.807) is 30.2 Å². The fourth-order valence-electron chi connectivity index (χ4n) is 1.62. The number of nitrogens with zero attached hydrogens (tertiary/aromatic N) is 3. The van der Waals surface area contributed by atoms with Crippen molar-refractivity contribution >= 4 is 17.3 Å². The maximum absolute atomic E-state index is 9.84. The summed E-state index contributed by atoms with van der Waals surface area (Å²) in [5, 5.41) is 24.1. The Morgan fingerprint density at radius 3 is 3.00 bits per heavy atom. The van der Waals surface area contributed by atoms with Crippen molar-refractivity contribution in [3.63, 3.8) is 0 Å². The molecule has 0 saturated carbocycles. The van der Waals surface area contributed by atoms with Crippen LogP contribution in [0.3, 0.4) is 0 Å². The smallest absolute Gasteiger partial charge is 0.238 e. The molecule has 3 N–H and O–H groups in total. The van der Waals surface area contributed by atoms with Gasteiger partial charge in [0, 0.05) is 30.6 Å². The first kappa shape index (κ1) is 11.1. The summed E-state index contributed by atoms with van der Waals surface area (Å²) in [5.74, 6) is -0.0821. The van der Waals surface area contributed by atoms with E-state index in [9.17, 15) is 5.11 Å². The summed E-state index contributed by atoms with van der Waals surface area (Å²) in [6.07, 6.45) is 6.14. The Bertz CT molecular complexity index is 599. The molecule has 0 unspecified atom stereocenters. The molecule has 0 aromatic carbocycles. The number of hydrogen-bond donors (Lipinski definition) is 3. The van der Waals surface area contributed by atoms with Gasteiger partial charge in [0.15, 0.2) is 0 Å². The number of aromatic hydroxyl groups is 1. The average Bonchev–Trinajstić information content (AvgIpc) is 2.68. The van der Waals surface area contributed by atoms with Crippen molar-refractivity contribution in [1.82, 2.24) is 19.9 Å². The van der Waals surface area contributed by atoms with Crippen molar-refractivity contribution in [1.29, 1.82) is 5.41 Å². The lowest BCUT2D eigenvalue weighted by Gasteiger charge is -2.04. The SMILES string of the molecule is CN/C=C(\C=N)c1cn2ncc(C)c2c(O)n1. The van der Waals surface area contributed by atoms with Gasteiger partial charge in [0.05, 0.1) is 18.1 Å². The van der Waals surface area contributed by atoms with E-state index < -0.39 is 0 Å². The second-order valence-corrected chi connectivity index (χ2v) is 3.60. The summed E-state index contributed by atoms with van der Waals surface area (Å²) in [6, 6.07) is 0. The highest BCUT2D eigenvalue weighted by molar-refractivity contribution is 6.07. The lowest BCUT2D eigenvalue weighted by atomic mass is 10.2. The molecule has 0 bridgehead atoms. The second kappa shape index (κ2) is 4.25. The van der Waals surface area contributed by atoms with E-state index >= 15 is 0 Å². The zero-order chi connectivity index (χ0) is 12.4. The van der Waals surface area contributed by atoms with Crippen molar-refractivity contribution in [2.45, 2.75) is 6.92 Å². The molecule has 2 aromatic rings. The highest BCUT2D eigenvalue weighted by Gasteiger charge is 2.10. The quantitative estimate of drug-likeness (QED) is 0.686. The van der Waals surface area contributed by atoms with Crippen LogP contribution < -0.4 is 5.32 Å². The Balaban J connectivity index is 2.65. The second-order valence-electron chi connectivity index (χ2n) is 3.60. The average molecular weight is 231 g/mol. The van der Waals surface area contributed by atoms with Crippen LogP contribution >= 0.6 is 0 Å². The molecule has 0 aliphatic heterocycles. The first-order chi connectivity index (χ1) is 8.17. The fraction of sp³-hybridized carbons (Fsp3) is 0.182. The van der Waals surface area contributed by atoms with Gasteiger partial charge in [0.1, 0.15) is 5.52 Å². The van der Waals surface area contributed by atoms with Crippen LogP contribution in [-0.2, 0) is 0 Å². The Kier molecular flexibility index (Phi) is 2.78. The molecular formula is C11H13N5O. The van der Waals surface area contributed by atoms with Gasteiger partial charge in [-0.15, -0.1) is 0 Å². The summed E-state index contributed by atoms with van der Waals surface area (Å²) in [7, 11) is 1.74. The topological polar surface area (TPSA) is 86.3 Å². The maximum atomic E-state index is 9.84. The molecule has 0 fully saturated rings. The highest BCUT2D eigenvalue weighted by atomic mass is 16.3. The van der Waals surface area contributed by atoms with Crippen LogP contribution in [0.25, 0.3) is 11.1 Å². The minimum atomic E-state index is -0.0821. The summed E-state index contributed by atoms with van der Waals surface area (Å²) in [4.78, 5) is 4.06. The van der Waals surface area contributed by atoms with Crippen molar-refractivity contribution in [2.75, 3.05) is 7.05 Å². The normalized spacial score (nSPS) is 11.8. The minimum Gasteiger partial charge on any atom is -0.492 e. The largest absolute Gasteiger partial charge is 0.492 e. The van der Waals surface area contributed by atoms with Crippen LogP contribution in [0.1, 0.15) is 11.3 Å². The van der Waals surface area contributed by atoms with Crippen molar-refractivity contribution in [3.05, 3.63) is 29.9 Å². The number of nitrogens with one attached hydrogen (secondary N) is 2. The molecule has 0 aliphatic carbocycles. The van der Waals surface area contributed by atoms with Gasteiger partial charge in [-0.25, -0.2) is 9.50 Å². The summed E-state index contributed by atoms with van der Waals surface area (Å²) < 4.78 is 1.56. The first-order valence-electron chi connectivity index (χ1n) is 5.09. The Hall–Kier alpha value is -2.37. The zero-order valence-electron chi connectivity index (χ0n) is 9.60. The van der Waals surface area contributed by atoms with Gasteiger partial charge < -0.3 is 15.8 Å². The third-order valence-corrected chi connectivity index (χ3v) is 2.41. The van der Waals surface area contributed by atoms with Crippen LogP contribution in [0, 0.1) is 12.3 Å². The molecule has 0 amide bonds. The van der Waals surface area contributed by atoms with Gasteiger partial charge >= 0.3 is 0 Å². The van der Waals surface area contributed by atoms with E-state index in [1.807, 2.05) is 6.92 Å². The molecule has 6 nitrogen and oxygen atoms in total. The fourth-order valence-corrected chi connectivity index (χ4v) is 1.62. The van der Waals surface area contributed by atoms with Gasteiger partial charge in [0.25, 0.3) is 0 Å². The number of fused-ring (bicyclic) bond motifs is 1. The molecule has 0 aliphatic rings. The highest BCUT2D eigenvalue weighted by Crippen LogP contribution is 2.21. The summed E-state index contributed by atoms with van der Waals surface area (Å²) in [5.41, 5.74) is 2.50. The predicted octanol–water partition coefficient (Wildman–Crippen LogP) is 0.953. The predicted molar refractivity (Wildman–Crippen MR) is 65.2 cm³/mol. The molecule has 0 atom stereocenters. The van der Waals surface area contributed by atoms with E-state index in [0.717, 1.165) is 5.56 Å². The summed E-state index contributed by atoms with van der Waals surface area (Å²) >= 11 is 0. The van der Waals surface area contributed by atoms with Crippen LogP contribution in [-0.4, -0.2) is 33.0 Å². The van der Waals surface area contributed by atoms with Gasteiger partial charge in [-0.1, -0.05) is 0 Å². The molecular weight excluding hydrogens is 218 g/mol. The molecule has 0 radical (unpaired) electrons. The van der Waals surface area contributed by atoms with Crippen LogP contribution in [0.2, 0.25) is 0 Å². The van der Waals surface area contributed by atoms with Crippen molar-refractivity contribution in [3.8, 4) is 5.88 Å². The lowest BCUT2D eigenvalue weighted by Crippen LogP contribution is -2.01. The van der Waals surface area contributed by atoms with Crippen LogP contribution in [0.4, 0.5) is 0 Å². The third-order valence-electron chi connectivity index (χ3n) is 2.41. The van der Waals surface area contributed by atoms with E-state index in [4.69, 9.17) is 5.41 Å². The molecule has 6 heteroatoms. The van der Waals surface area contributed by atoms with Gasteiger partial charge in [-0.3, -0.25) is 0 Å². The monoisotopic (exact) mass is 231 g/mol. The number of aromatic nitrogens is 3. The number of hydrogen-bond acceptors (Lipinski definition) is 5. The number of aryl methyl sites for hydroxylation is 1. The summed E-state index contributed by atoms with van der Waals surface area (Å²) in [6.45, 7) is 1.85. The lowest BCUT2D eigenvalue weighted by molar-refractivity contribution is 0.455. The Morgan fingerprint density at radius 1 is 1.59 bits per heavy atom. The van der Waals surface area contributed by atoms with Gasteiger partial charge in [0.2, 0.25) is 5.88 Å². The molecule has 2 rings (SSSR count). The first-order valence-corrected chi connectivity index (χ1v) is 5.09. The molecule has 88 valence electrons. The van der Waals surface area contributed by atoms with E-state index in [1.165, 1.54) is 6.21 Å². The Labute approximate surface area is 98.1 Å². The molecule has 0 saturated heterocycles. The van der Waals surface area contributed by atoms with Gasteiger partial charge in [-0.2, -0.15) is 5.10 Å². The molecule has 17 heavy (non-hydrogen) atoms. The van der Waals surface area contributed by atoms with Crippen LogP contribution in [0.15, 0.2) is 18.6 Å². The molecule has 2 heterocycles.